The van der Waals surface area contributed by atoms with Crippen molar-refractivity contribution in [2.45, 2.75) is 102 Å². The number of benzene rings is 3. The summed E-state index contributed by atoms with van der Waals surface area (Å²) >= 11 is 0. The number of hydrogen-bond donors (Lipinski definition) is 1. The molecule has 3 aliphatic rings. The molecule has 1 aliphatic heterocycles. The lowest BCUT2D eigenvalue weighted by atomic mass is 9.77. The van der Waals surface area contributed by atoms with Crippen LogP contribution in [0.15, 0.2) is 91.5 Å². The van der Waals surface area contributed by atoms with Gasteiger partial charge in [0.05, 0.1) is 54.6 Å². The SMILES string of the molecule is C=C[C@@H]1C[C@]1(CC(=O)[C@@H]1C[C@@H](Oc2cc(-c3ccc(F)cc3)nc3cc(OC)ccc23)CN1C(=O)C(CC(=O)OC1CCCC1)C(C)(C)C)P(=O)(O)Cc1ccccc1. The number of rotatable bonds is 15. The molecular weight excluding hydrogens is 770 g/mol. The van der Waals surface area contributed by atoms with Gasteiger partial charge in [-0.3, -0.25) is 18.9 Å². The largest absolute Gasteiger partial charge is 0.497 e. The third kappa shape index (κ3) is 9.17. The molecule has 10 nitrogen and oxygen atoms in total. The van der Waals surface area contributed by atoms with Crippen LogP contribution in [0.25, 0.3) is 22.2 Å². The van der Waals surface area contributed by atoms with Gasteiger partial charge in [-0.15, -0.1) is 6.58 Å². The Kier molecular flexibility index (Phi) is 12.2. The van der Waals surface area contributed by atoms with Crippen molar-refractivity contribution in [3.63, 3.8) is 0 Å². The van der Waals surface area contributed by atoms with Crippen LogP contribution < -0.4 is 9.47 Å². The van der Waals surface area contributed by atoms with E-state index in [0.29, 0.717) is 45.6 Å². The quantitative estimate of drug-likeness (QED) is 0.0708. The highest BCUT2D eigenvalue weighted by Crippen LogP contribution is 2.74. The standard InChI is InChI=1S/C47H54FN2O8P/c1-6-32-26-47(32,59(54,55)29-30-12-8-7-9-13-30)27-42(51)41-23-36(28-50(41)45(53)38(46(2,3)4)24-44(52)58-34-14-10-11-15-34)57-43-25-39(31-16-18-33(48)19-17-31)49-40-22-35(56-5)20-21-37(40)43/h6-9,12-13,16-22,25,32,34,36,38,41H,1,10-11,14-15,23-24,26-29H2,2-5H3,(H,54,55)/t32-,36-,38?,41+,47-/m1/s1. The zero-order valence-electron chi connectivity index (χ0n) is 34.3. The second kappa shape index (κ2) is 17.0. The van der Waals surface area contributed by atoms with E-state index in [1.807, 2.05) is 45.0 Å². The highest BCUT2D eigenvalue weighted by molar-refractivity contribution is 7.59. The molecule has 0 spiro atoms. The normalized spacial score (nSPS) is 23.4. The van der Waals surface area contributed by atoms with E-state index in [4.69, 9.17) is 19.2 Å². The second-order valence-electron chi connectivity index (χ2n) is 17.5. The first-order valence-electron chi connectivity index (χ1n) is 20.5. The molecule has 2 aliphatic carbocycles. The van der Waals surface area contributed by atoms with Crippen molar-refractivity contribution >= 4 is 35.9 Å². The van der Waals surface area contributed by atoms with Crippen molar-refractivity contribution < 1.29 is 42.4 Å². The molecule has 0 radical (unpaired) electrons. The summed E-state index contributed by atoms with van der Waals surface area (Å²) in [6, 6.07) is 21.2. The number of aromatic nitrogens is 1. The van der Waals surface area contributed by atoms with Crippen molar-refractivity contribution in [3.8, 4) is 22.8 Å². The van der Waals surface area contributed by atoms with E-state index >= 15 is 0 Å². The summed E-state index contributed by atoms with van der Waals surface area (Å²) < 4.78 is 46.3. The van der Waals surface area contributed by atoms with Crippen LogP contribution in [-0.2, 0) is 29.8 Å². The van der Waals surface area contributed by atoms with Crippen LogP contribution in [0, 0.1) is 23.1 Å². The molecule has 1 aromatic heterocycles. The summed E-state index contributed by atoms with van der Waals surface area (Å²) in [4.78, 5) is 61.1. The minimum absolute atomic E-state index is 0.0318. The topological polar surface area (TPSA) is 132 Å². The van der Waals surface area contributed by atoms with Gasteiger partial charge in [-0.25, -0.2) is 9.37 Å². The fourth-order valence-electron chi connectivity index (χ4n) is 8.91. The summed E-state index contributed by atoms with van der Waals surface area (Å²) in [5.74, 6) is -1.68. The number of ketones is 1. The van der Waals surface area contributed by atoms with Gasteiger partial charge in [0.15, 0.2) is 5.78 Å². The smallest absolute Gasteiger partial charge is 0.306 e. The molecular formula is C47H54FN2O8P. The second-order valence-corrected chi connectivity index (χ2v) is 20.1. The van der Waals surface area contributed by atoms with Gasteiger partial charge in [-0.05, 0) is 85.4 Å². The summed E-state index contributed by atoms with van der Waals surface area (Å²) in [6.07, 6.45) is 4.38. The first kappa shape index (κ1) is 42.3. The van der Waals surface area contributed by atoms with Crippen molar-refractivity contribution in [2.75, 3.05) is 13.7 Å². The maximum atomic E-state index is 14.9. The number of hydrogen-bond acceptors (Lipinski definition) is 8. The number of esters is 1. The molecule has 2 heterocycles. The predicted octanol–water partition coefficient (Wildman–Crippen LogP) is 9.31. The van der Waals surface area contributed by atoms with Gasteiger partial charge in [0.25, 0.3) is 0 Å². The Bertz CT molecular complexity index is 2250. The maximum absolute atomic E-state index is 14.9. The molecule has 312 valence electrons. The minimum Gasteiger partial charge on any atom is -0.497 e. The number of carbonyl (C=O) groups is 3. The van der Waals surface area contributed by atoms with Gasteiger partial charge >= 0.3 is 5.97 Å². The van der Waals surface area contributed by atoms with Gasteiger partial charge in [0.1, 0.15) is 29.5 Å². The van der Waals surface area contributed by atoms with Crippen LogP contribution in [0.2, 0.25) is 0 Å². The van der Waals surface area contributed by atoms with Crippen molar-refractivity contribution in [1.29, 1.82) is 0 Å². The van der Waals surface area contributed by atoms with Crippen molar-refractivity contribution in [1.82, 2.24) is 9.88 Å². The van der Waals surface area contributed by atoms with E-state index < -0.39 is 42.0 Å². The Balaban J connectivity index is 1.22. The lowest BCUT2D eigenvalue weighted by molar-refractivity contribution is -0.156. The molecule has 1 saturated heterocycles. The van der Waals surface area contributed by atoms with E-state index in [1.165, 1.54) is 17.0 Å². The number of halogens is 1. The van der Waals surface area contributed by atoms with Crippen LogP contribution in [0.1, 0.15) is 77.7 Å². The van der Waals surface area contributed by atoms with E-state index in [-0.39, 0.29) is 61.5 Å². The fourth-order valence-corrected chi connectivity index (χ4v) is 11.4. The molecule has 3 aromatic carbocycles. The molecule has 3 fully saturated rings. The predicted molar refractivity (Wildman–Crippen MR) is 225 cm³/mol. The zero-order chi connectivity index (χ0) is 42.1. The number of Topliss-reactive ketones (excluding diaryl/α,β-unsaturated/α-hetero) is 1. The molecule has 2 saturated carbocycles. The molecule has 7 rings (SSSR count). The van der Waals surface area contributed by atoms with Crippen LogP contribution in [-0.4, -0.2) is 69.5 Å². The molecule has 6 atom stereocenters. The third-order valence-corrected chi connectivity index (χ3v) is 15.3. The molecule has 12 heteroatoms. The minimum atomic E-state index is -3.97. The van der Waals surface area contributed by atoms with Gasteiger partial charge in [-0.1, -0.05) is 57.2 Å². The number of amides is 1. The number of fused-ring (bicyclic) bond motifs is 1. The molecule has 0 bridgehead atoms. The van der Waals surface area contributed by atoms with Crippen LogP contribution in [0.4, 0.5) is 4.39 Å². The summed E-state index contributed by atoms with van der Waals surface area (Å²) in [5, 5.41) is -0.548. The molecule has 1 amide bonds. The summed E-state index contributed by atoms with van der Waals surface area (Å²) in [6.45, 7) is 9.64. The van der Waals surface area contributed by atoms with E-state index in [1.54, 1.807) is 55.7 Å². The molecule has 59 heavy (non-hydrogen) atoms. The Morgan fingerprint density at radius 3 is 2.39 bits per heavy atom. The van der Waals surface area contributed by atoms with Gasteiger partial charge < -0.3 is 24.0 Å². The Morgan fingerprint density at radius 2 is 1.75 bits per heavy atom. The summed E-state index contributed by atoms with van der Waals surface area (Å²) in [5.41, 5.74) is 1.77. The van der Waals surface area contributed by atoms with Crippen molar-refractivity contribution in [3.05, 3.63) is 103 Å². The van der Waals surface area contributed by atoms with E-state index in [2.05, 4.69) is 6.58 Å². The van der Waals surface area contributed by atoms with E-state index in [9.17, 15) is 28.2 Å². The van der Waals surface area contributed by atoms with Crippen molar-refractivity contribution in [2.24, 2.45) is 17.3 Å². The maximum Gasteiger partial charge on any atom is 0.306 e. The van der Waals surface area contributed by atoms with E-state index in [0.717, 1.165) is 25.7 Å². The third-order valence-electron chi connectivity index (χ3n) is 12.4. The van der Waals surface area contributed by atoms with Crippen LogP contribution in [0.3, 0.4) is 0 Å². The lowest BCUT2D eigenvalue weighted by Gasteiger charge is -2.35. The average molecular weight is 825 g/mol. The number of nitrogens with zero attached hydrogens (tertiary/aromatic N) is 2. The Labute approximate surface area is 345 Å². The van der Waals surface area contributed by atoms with Gasteiger partial charge in [0, 0.05) is 35.9 Å². The molecule has 4 aromatic rings. The number of methoxy groups -OCH3 is 1. The first-order chi connectivity index (χ1) is 28.1. The Hall–Kier alpha value is -4.86. The first-order valence-corrected chi connectivity index (χ1v) is 22.4. The molecule has 1 N–H and O–H groups in total. The molecule has 2 unspecified atom stereocenters. The van der Waals surface area contributed by atoms with Crippen LogP contribution >= 0.6 is 7.37 Å². The van der Waals surface area contributed by atoms with Crippen LogP contribution in [0.5, 0.6) is 11.5 Å². The fraction of sp³-hybridized carbons (Fsp3) is 0.447. The summed E-state index contributed by atoms with van der Waals surface area (Å²) in [7, 11) is -2.41. The monoisotopic (exact) mass is 824 g/mol. The number of allylic oxidation sites excluding steroid dienone is 1. The number of likely N-dealkylation sites (tertiary alicyclic amines) is 1. The van der Waals surface area contributed by atoms with Gasteiger partial charge in [0.2, 0.25) is 13.3 Å². The number of ether oxygens (including phenoxy) is 3. The highest BCUT2D eigenvalue weighted by atomic mass is 31.2. The highest BCUT2D eigenvalue weighted by Gasteiger charge is 2.65. The number of carbonyl (C=O) groups excluding carboxylic acids is 3. The Morgan fingerprint density at radius 1 is 1.03 bits per heavy atom. The zero-order valence-corrected chi connectivity index (χ0v) is 35.2. The average Bonchev–Trinajstić information content (AvgIpc) is 3.46. The lowest BCUT2D eigenvalue weighted by Crippen LogP contribution is -2.48. The number of pyridine rings is 1. The van der Waals surface area contributed by atoms with Gasteiger partial charge in [-0.2, -0.15) is 0 Å².